The van der Waals surface area contributed by atoms with Crippen LogP contribution in [-0.2, 0) is 27.4 Å². The van der Waals surface area contributed by atoms with Crippen molar-refractivity contribution in [3.8, 4) is 0 Å². The number of benzene rings is 2. The average Bonchev–Trinajstić information content (AvgIpc) is 2.54. The highest BCUT2D eigenvalue weighted by molar-refractivity contribution is 7.92. The molecule has 0 radical (unpaired) electrons. The van der Waals surface area contributed by atoms with Crippen LogP contribution in [0.3, 0.4) is 0 Å². The number of carboxylic acids is 1. The molecule has 0 saturated heterocycles. The van der Waals surface area contributed by atoms with E-state index in [2.05, 4.69) is 0 Å². The Hall–Kier alpha value is -2.62. The molecule has 27 heavy (non-hydrogen) atoms. The lowest BCUT2D eigenvalue weighted by Crippen LogP contribution is -2.46. The first-order chi connectivity index (χ1) is 12.4. The minimum absolute atomic E-state index is 0.00649. The highest BCUT2D eigenvalue weighted by Crippen LogP contribution is 2.30. The maximum atomic E-state index is 13.1. The van der Waals surface area contributed by atoms with Gasteiger partial charge in [0, 0.05) is 6.42 Å². The number of carbonyl (C=O) groups is 1. The first-order valence-corrected chi connectivity index (χ1v) is 9.38. The van der Waals surface area contributed by atoms with E-state index in [0.717, 1.165) is 48.7 Å². The minimum atomic E-state index is -4.62. The molecule has 146 valence electrons. The molecule has 0 aliphatic carbocycles. The largest absolute Gasteiger partial charge is 0.480 e. The van der Waals surface area contributed by atoms with E-state index in [0.29, 0.717) is 4.31 Å². The molecule has 0 amide bonds. The lowest BCUT2D eigenvalue weighted by molar-refractivity contribution is -0.138. The van der Waals surface area contributed by atoms with Gasteiger partial charge < -0.3 is 5.11 Å². The number of carboxylic acid groups (broad SMARTS) is 1. The Kier molecular flexibility index (Phi) is 5.79. The summed E-state index contributed by atoms with van der Waals surface area (Å²) in [5.41, 5.74) is -1.09. The number of alkyl halides is 3. The quantitative estimate of drug-likeness (QED) is 0.749. The highest BCUT2D eigenvalue weighted by atomic mass is 32.2. The molecule has 2 rings (SSSR count). The molecular formula is C17H15F4NO4S. The first kappa shape index (κ1) is 20.7. The summed E-state index contributed by atoms with van der Waals surface area (Å²) in [4.78, 5) is 11.7. The van der Waals surface area contributed by atoms with Crippen molar-refractivity contribution < 1.29 is 35.9 Å². The van der Waals surface area contributed by atoms with Gasteiger partial charge in [-0.1, -0.05) is 18.2 Å². The van der Waals surface area contributed by atoms with Crippen LogP contribution in [0.4, 0.5) is 23.2 Å². The second-order valence-electron chi connectivity index (χ2n) is 5.79. The van der Waals surface area contributed by atoms with Crippen LogP contribution in [0.25, 0.3) is 0 Å². The van der Waals surface area contributed by atoms with E-state index in [1.165, 1.54) is 6.07 Å². The van der Waals surface area contributed by atoms with Crippen molar-refractivity contribution in [2.75, 3.05) is 10.6 Å². The second kappa shape index (κ2) is 7.55. The molecule has 0 aromatic heterocycles. The monoisotopic (exact) mass is 405 g/mol. The van der Waals surface area contributed by atoms with E-state index in [-0.39, 0.29) is 11.3 Å². The third-order valence-corrected chi connectivity index (χ3v) is 4.87. The molecule has 0 aliphatic heterocycles. The average molecular weight is 405 g/mol. The van der Waals surface area contributed by atoms with Gasteiger partial charge in [-0.2, -0.15) is 13.2 Å². The predicted molar refractivity (Wildman–Crippen MR) is 90.3 cm³/mol. The van der Waals surface area contributed by atoms with Crippen LogP contribution in [0.1, 0.15) is 11.1 Å². The number of nitrogens with zero attached hydrogens (tertiary/aromatic N) is 1. The fourth-order valence-electron chi connectivity index (χ4n) is 2.56. The zero-order valence-corrected chi connectivity index (χ0v) is 14.8. The van der Waals surface area contributed by atoms with Crippen molar-refractivity contribution in [3.63, 3.8) is 0 Å². The number of halogens is 4. The maximum absolute atomic E-state index is 13.1. The van der Waals surface area contributed by atoms with Crippen molar-refractivity contribution in [3.05, 3.63) is 65.5 Å². The highest BCUT2D eigenvalue weighted by Gasteiger charge is 2.34. The predicted octanol–water partition coefficient (Wildman–Crippen LogP) is 3.31. The molecule has 0 heterocycles. The van der Waals surface area contributed by atoms with Crippen LogP contribution < -0.4 is 4.31 Å². The van der Waals surface area contributed by atoms with E-state index < -0.39 is 46.0 Å². The summed E-state index contributed by atoms with van der Waals surface area (Å²) in [6, 6.07) is 6.34. The van der Waals surface area contributed by atoms with E-state index >= 15 is 0 Å². The number of hydrogen-bond donors (Lipinski definition) is 1. The summed E-state index contributed by atoms with van der Waals surface area (Å²) in [7, 11) is -4.13. The van der Waals surface area contributed by atoms with E-state index in [1.54, 1.807) is 0 Å². The van der Waals surface area contributed by atoms with Crippen molar-refractivity contribution in [2.45, 2.75) is 18.6 Å². The smallest absolute Gasteiger partial charge is 0.416 e. The lowest BCUT2D eigenvalue weighted by Gasteiger charge is -2.29. The molecule has 0 unspecified atom stereocenters. The Morgan fingerprint density at radius 1 is 1.15 bits per heavy atom. The van der Waals surface area contributed by atoms with Crippen LogP contribution >= 0.6 is 0 Å². The molecule has 0 saturated carbocycles. The SMILES string of the molecule is CS(=O)(=O)N(c1ccc(F)cc1)[C@@H](Cc1cccc(C(F)(F)F)c1)C(=O)O. The molecule has 0 spiro atoms. The summed E-state index contributed by atoms with van der Waals surface area (Å²) in [5.74, 6) is -2.21. The van der Waals surface area contributed by atoms with Crippen molar-refractivity contribution >= 4 is 21.7 Å². The fourth-order valence-corrected chi connectivity index (χ4v) is 3.69. The summed E-state index contributed by atoms with van der Waals surface area (Å²) in [6.45, 7) is 0. The lowest BCUT2D eigenvalue weighted by atomic mass is 10.0. The number of aliphatic carboxylic acids is 1. The molecule has 0 aliphatic rings. The molecule has 5 nitrogen and oxygen atoms in total. The minimum Gasteiger partial charge on any atom is -0.480 e. The Morgan fingerprint density at radius 2 is 1.74 bits per heavy atom. The molecular weight excluding hydrogens is 390 g/mol. The normalized spacial score (nSPS) is 13.2. The van der Waals surface area contributed by atoms with Crippen LogP contribution in [0, 0.1) is 5.82 Å². The summed E-state index contributed by atoms with van der Waals surface area (Å²) in [6.07, 6.45) is -4.37. The summed E-state index contributed by atoms with van der Waals surface area (Å²) < 4.78 is 76.6. The molecule has 0 fully saturated rings. The first-order valence-electron chi connectivity index (χ1n) is 7.53. The fraction of sp³-hybridized carbons (Fsp3) is 0.235. The topological polar surface area (TPSA) is 74.7 Å². The number of hydrogen-bond acceptors (Lipinski definition) is 3. The van der Waals surface area contributed by atoms with Crippen molar-refractivity contribution in [1.82, 2.24) is 0 Å². The Morgan fingerprint density at radius 3 is 2.22 bits per heavy atom. The van der Waals surface area contributed by atoms with Gasteiger partial charge >= 0.3 is 12.1 Å². The van der Waals surface area contributed by atoms with E-state index in [1.807, 2.05) is 0 Å². The zero-order valence-electron chi connectivity index (χ0n) is 13.9. The Balaban J connectivity index is 2.48. The molecule has 2 aromatic carbocycles. The summed E-state index contributed by atoms with van der Waals surface area (Å²) >= 11 is 0. The molecule has 0 bridgehead atoms. The van der Waals surface area contributed by atoms with Gasteiger partial charge in [-0.15, -0.1) is 0 Å². The van der Waals surface area contributed by atoms with Gasteiger partial charge in [0.25, 0.3) is 0 Å². The zero-order chi connectivity index (χ0) is 20.4. The van der Waals surface area contributed by atoms with Gasteiger partial charge in [-0.25, -0.2) is 17.6 Å². The van der Waals surface area contributed by atoms with E-state index in [9.17, 15) is 35.9 Å². The van der Waals surface area contributed by atoms with Crippen LogP contribution in [-0.4, -0.2) is 31.8 Å². The van der Waals surface area contributed by atoms with Gasteiger partial charge in [-0.05, 0) is 35.9 Å². The van der Waals surface area contributed by atoms with Gasteiger partial charge in [0.1, 0.15) is 11.9 Å². The summed E-state index contributed by atoms with van der Waals surface area (Å²) in [5, 5.41) is 9.51. The molecule has 1 N–H and O–H groups in total. The third kappa shape index (κ3) is 5.19. The Labute approximate surface area is 152 Å². The van der Waals surface area contributed by atoms with E-state index in [4.69, 9.17) is 0 Å². The third-order valence-electron chi connectivity index (χ3n) is 3.69. The van der Waals surface area contributed by atoms with Crippen molar-refractivity contribution in [1.29, 1.82) is 0 Å². The van der Waals surface area contributed by atoms with Gasteiger partial charge in [-0.3, -0.25) is 4.31 Å². The maximum Gasteiger partial charge on any atom is 0.416 e. The number of sulfonamides is 1. The molecule has 1 atom stereocenters. The second-order valence-corrected chi connectivity index (χ2v) is 7.65. The standard InChI is InChI=1S/C17H15F4NO4S/c1-27(25,26)22(14-7-5-13(18)6-8-14)15(16(23)24)10-11-3-2-4-12(9-11)17(19,20)21/h2-9,15H,10H2,1H3,(H,23,24)/t15-/m0/s1. The van der Waals surface area contributed by atoms with Gasteiger partial charge in [0.2, 0.25) is 10.0 Å². The van der Waals surface area contributed by atoms with Crippen LogP contribution in [0.5, 0.6) is 0 Å². The van der Waals surface area contributed by atoms with Crippen LogP contribution in [0.2, 0.25) is 0 Å². The van der Waals surface area contributed by atoms with Crippen LogP contribution in [0.15, 0.2) is 48.5 Å². The number of rotatable bonds is 6. The van der Waals surface area contributed by atoms with Gasteiger partial charge in [0.05, 0.1) is 17.5 Å². The van der Waals surface area contributed by atoms with Crippen molar-refractivity contribution in [2.24, 2.45) is 0 Å². The Bertz CT molecular complexity index is 927. The molecule has 10 heteroatoms. The van der Waals surface area contributed by atoms with Gasteiger partial charge in [0.15, 0.2) is 0 Å². The number of anilines is 1. The molecule has 2 aromatic rings.